The van der Waals surface area contributed by atoms with Crippen LogP contribution >= 0.6 is 0 Å². The molecule has 6 heteroatoms. The van der Waals surface area contributed by atoms with Crippen molar-refractivity contribution in [2.45, 2.75) is 12.7 Å². The molecule has 1 saturated heterocycles. The highest BCUT2D eigenvalue weighted by Crippen LogP contribution is 2.17. The van der Waals surface area contributed by atoms with Crippen LogP contribution in [0.2, 0.25) is 0 Å². The topological polar surface area (TPSA) is 58.5 Å². The zero-order valence-corrected chi connectivity index (χ0v) is 12.7. The lowest BCUT2D eigenvalue weighted by atomic mass is 10.1. The van der Waals surface area contributed by atoms with Crippen molar-refractivity contribution in [2.24, 2.45) is 0 Å². The summed E-state index contributed by atoms with van der Waals surface area (Å²) in [5.74, 6) is 5.72. The van der Waals surface area contributed by atoms with Gasteiger partial charge in [0.25, 0.3) is 0 Å². The van der Waals surface area contributed by atoms with Crippen LogP contribution < -0.4 is 4.90 Å². The minimum Gasteiger partial charge on any atom is -0.392 e. The number of methoxy groups -OCH3 is 1. The minimum atomic E-state index is -0.494. The van der Waals surface area contributed by atoms with Crippen LogP contribution in [-0.4, -0.2) is 41.4 Å². The van der Waals surface area contributed by atoms with E-state index in [2.05, 4.69) is 21.8 Å². The SMILES string of the molecule is COC1CN(c2ncc(C#Cc3cccc(CO)c3F)cn2)C1. The molecule has 0 bridgehead atoms. The highest BCUT2D eigenvalue weighted by molar-refractivity contribution is 5.45. The maximum Gasteiger partial charge on any atom is 0.225 e. The second-order valence-electron chi connectivity index (χ2n) is 5.22. The lowest BCUT2D eigenvalue weighted by molar-refractivity contribution is 0.0778. The van der Waals surface area contributed by atoms with Gasteiger partial charge in [-0.05, 0) is 6.07 Å². The first kappa shape index (κ1) is 15.4. The van der Waals surface area contributed by atoms with Crippen LogP contribution in [0.25, 0.3) is 0 Å². The minimum absolute atomic E-state index is 0.230. The molecule has 118 valence electrons. The van der Waals surface area contributed by atoms with E-state index in [4.69, 9.17) is 9.84 Å². The van der Waals surface area contributed by atoms with Crippen molar-refractivity contribution >= 4 is 5.95 Å². The molecule has 2 heterocycles. The third-order valence-corrected chi connectivity index (χ3v) is 3.69. The summed E-state index contributed by atoms with van der Waals surface area (Å²) in [4.78, 5) is 10.5. The molecule has 1 N–H and O–H groups in total. The van der Waals surface area contributed by atoms with E-state index in [0.29, 0.717) is 11.5 Å². The second-order valence-corrected chi connectivity index (χ2v) is 5.22. The molecule has 0 spiro atoms. The molecule has 0 aliphatic carbocycles. The molecule has 1 aliphatic rings. The van der Waals surface area contributed by atoms with Gasteiger partial charge in [-0.25, -0.2) is 14.4 Å². The summed E-state index contributed by atoms with van der Waals surface area (Å²) in [6.07, 6.45) is 3.46. The number of aliphatic hydroxyl groups is 1. The van der Waals surface area contributed by atoms with Crippen LogP contribution in [0.1, 0.15) is 16.7 Å². The fourth-order valence-electron chi connectivity index (χ4n) is 2.24. The van der Waals surface area contributed by atoms with Gasteiger partial charge in [-0.1, -0.05) is 24.0 Å². The van der Waals surface area contributed by atoms with Crippen LogP contribution in [0.5, 0.6) is 0 Å². The van der Waals surface area contributed by atoms with Crippen LogP contribution in [0.4, 0.5) is 10.3 Å². The summed E-state index contributed by atoms with van der Waals surface area (Å²) in [6, 6.07) is 4.76. The van der Waals surface area contributed by atoms with Gasteiger partial charge < -0.3 is 14.7 Å². The molecule has 2 aromatic rings. The quantitative estimate of drug-likeness (QED) is 0.867. The fraction of sp³-hybridized carbons (Fsp3) is 0.294. The third-order valence-electron chi connectivity index (χ3n) is 3.69. The Morgan fingerprint density at radius 3 is 2.70 bits per heavy atom. The highest BCUT2D eigenvalue weighted by atomic mass is 19.1. The molecule has 0 atom stereocenters. The van der Waals surface area contributed by atoms with Crippen molar-refractivity contribution in [3.63, 3.8) is 0 Å². The number of benzene rings is 1. The Hall–Kier alpha value is -2.49. The Morgan fingerprint density at radius 2 is 2.04 bits per heavy atom. The summed E-state index contributed by atoms with van der Waals surface area (Å²) in [5.41, 5.74) is 1.08. The molecule has 0 saturated carbocycles. The number of aliphatic hydroxyl groups excluding tert-OH is 1. The molecule has 0 unspecified atom stereocenters. The first-order chi connectivity index (χ1) is 11.2. The van der Waals surface area contributed by atoms with Crippen molar-refractivity contribution in [3.05, 3.63) is 53.1 Å². The second kappa shape index (κ2) is 6.73. The number of ether oxygens (including phenoxy) is 1. The number of rotatable bonds is 3. The van der Waals surface area contributed by atoms with Gasteiger partial charge in [0.15, 0.2) is 0 Å². The van der Waals surface area contributed by atoms with Gasteiger partial charge in [0, 0.05) is 38.2 Å². The Bertz CT molecular complexity index is 747. The van der Waals surface area contributed by atoms with Crippen LogP contribution in [0, 0.1) is 17.7 Å². The molecular weight excluding hydrogens is 297 g/mol. The predicted octanol–water partition coefficient (Wildman–Crippen LogP) is 1.34. The van der Waals surface area contributed by atoms with Crippen LogP contribution in [0.3, 0.4) is 0 Å². The molecule has 1 aromatic carbocycles. The Morgan fingerprint density at radius 1 is 1.30 bits per heavy atom. The smallest absolute Gasteiger partial charge is 0.225 e. The average Bonchev–Trinajstić information content (AvgIpc) is 2.54. The normalized spacial score (nSPS) is 14.1. The lowest BCUT2D eigenvalue weighted by Gasteiger charge is -2.37. The van der Waals surface area contributed by atoms with E-state index in [1.165, 1.54) is 6.07 Å². The van der Waals surface area contributed by atoms with Crippen LogP contribution in [-0.2, 0) is 11.3 Å². The number of nitrogens with zero attached hydrogens (tertiary/aromatic N) is 3. The molecule has 0 radical (unpaired) electrons. The standard InChI is InChI=1S/C17H16FN3O2/c1-23-15-9-21(10-15)17-19-7-12(8-20-17)5-6-13-3-2-4-14(11-22)16(13)18/h2-4,7-8,15,22H,9-11H2,1H3. The Kier molecular flexibility index (Phi) is 4.51. The van der Waals surface area contributed by atoms with Gasteiger partial charge in [0.05, 0.1) is 23.8 Å². The van der Waals surface area contributed by atoms with E-state index in [9.17, 15) is 4.39 Å². The predicted molar refractivity (Wildman–Crippen MR) is 83.3 cm³/mol. The van der Waals surface area contributed by atoms with Crippen molar-refractivity contribution < 1.29 is 14.2 Å². The van der Waals surface area contributed by atoms with Gasteiger partial charge in [-0.15, -0.1) is 0 Å². The first-order valence-corrected chi connectivity index (χ1v) is 7.21. The maximum absolute atomic E-state index is 14.0. The maximum atomic E-state index is 14.0. The molecule has 1 aromatic heterocycles. The summed E-state index contributed by atoms with van der Waals surface area (Å²) in [6.45, 7) is 1.21. The van der Waals surface area contributed by atoms with E-state index in [1.54, 1.807) is 31.6 Å². The zero-order chi connectivity index (χ0) is 16.2. The van der Waals surface area contributed by atoms with Gasteiger partial charge in [0.2, 0.25) is 5.95 Å². The highest BCUT2D eigenvalue weighted by Gasteiger charge is 2.28. The van der Waals surface area contributed by atoms with E-state index in [1.807, 2.05) is 4.90 Å². The summed E-state index contributed by atoms with van der Waals surface area (Å²) in [7, 11) is 1.69. The summed E-state index contributed by atoms with van der Waals surface area (Å²) >= 11 is 0. The molecule has 3 rings (SSSR count). The van der Waals surface area contributed by atoms with Crippen LogP contribution in [0.15, 0.2) is 30.6 Å². The van der Waals surface area contributed by atoms with Crippen molar-refractivity contribution in [2.75, 3.05) is 25.1 Å². The van der Waals surface area contributed by atoms with Crippen molar-refractivity contribution in [1.82, 2.24) is 9.97 Å². The molecule has 1 aliphatic heterocycles. The zero-order valence-electron chi connectivity index (χ0n) is 12.7. The number of hydrogen-bond donors (Lipinski definition) is 1. The molecule has 5 nitrogen and oxygen atoms in total. The lowest BCUT2D eigenvalue weighted by Crippen LogP contribution is -2.52. The largest absolute Gasteiger partial charge is 0.392 e. The van der Waals surface area contributed by atoms with Gasteiger partial charge in [-0.2, -0.15) is 0 Å². The summed E-state index contributed by atoms with van der Waals surface area (Å²) < 4.78 is 19.2. The Labute approximate surface area is 133 Å². The number of halogens is 1. The Balaban J connectivity index is 1.72. The fourth-order valence-corrected chi connectivity index (χ4v) is 2.24. The number of hydrogen-bond acceptors (Lipinski definition) is 5. The molecule has 1 fully saturated rings. The molecular formula is C17H16FN3O2. The van der Waals surface area contributed by atoms with E-state index >= 15 is 0 Å². The van der Waals surface area contributed by atoms with Gasteiger partial charge in [0.1, 0.15) is 5.82 Å². The van der Waals surface area contributed by atoms with Crippen molar-refractivity contribution in [3.8, 4) is 11.8 Å². The number of anilines is 1. The average molecular weight is 313 g/mol. The third kappa shape index (κ3) is 3.31. The van der Waals surface area contributed by atoms with E-state index < -0.39 is 5.82 Å². The van der Waals surface area contributed by atoms with E-state index in [0.717, 1.165) is 13.1 Å². The van der Waals surface area contributed by atoms with E-state index in [-0.39, 0.29) is 23.8 Å². The molecule has 23 heavy (non-hydrogen) atoms. The number of aromatic nitrogens is 2. The van der Waals surface area contributed by atoms with Gasteiger partial charge >= 0.3 is 0 Å². The molecule has 0 amide bonds. The van der Waals surface area contributed by atoms with Crippen molar-refractivity contribution in [1.29, 1.82) is 0 Å². The van der Waals surface area contributed by atoms with Gasteiger partial charge in [-0.3, -0.25) is 0 Å². The first-order valence-electron chi connectivity index (χ1n) is 7.21. The summed E-state index contributed by atoms with van der Waals surface area (Å²) in [5, 5.41) is 9.05. The monoisotopic (exact) mass is 313 g/mol.